The second kappa shape index (κ2) is 7.75. The van der Waals surface area contributed by atoms with Crippen molar-refractivity contribution < 1.29 is 23.0 Å². The van der Waals surface area contributed by atoms with E-state index < -0.39 is 17.7 Å². The topological polar surface area (TPSA) is 56.6 Å². The zero-order chi connectivity index (χ0) is 19.8. The van der Waals surface area contributed by atoms with E-state index in [1.165, 1.54) is 6.33 Å². The minimum Gasteiger partial charge on any atom is -0.350 e. The SMILES string of the molecule is CC(C)C(C(=O)N1CCC(C2OCCO2)CC1)n1cnc2cc(F)c(F)cc21. The van der Waals surface area contributed by atoms with Gasteiger partial charge in [-0.3, -0.25) is 4.79 Å². The summed E-state index contributed by atoms with van der Waals surface area (Å²) in [7, 11) is 0. The van der Waals surface area contributed by atoms with Crippen LogP contribution in [0.1, 0.15) is 32.7 Å². The van der Waals surface area contributed by atoms with Gasteiger partial charge in [0.2, 0.25) is 5.91 Å². The number of carbonyl (C=O) groups is 1. The summed E-state index contributed by atoms with van der Waals surface area (Å²) in [5.74, 6) is -1.64. The minimum absolute atomic E-state index is 0.0225. The molecule has 1 atom stereocenters. The predicted molar refractivity (Wildman–Crippen MR) is 98.5 cm³/mol. The summed E-state index contributed by atoms with van der Waals surface area (Å²) in [5, 5.41) is 0. The number of hydrogen-bond donors (Lipinski definition) is 0. The lowest BCUT2D eigenvalue weighted by Gasteiger charge is -2.36. The van der Waals surface area contributed by atoms with Gasteiger partial charge in [0, 0.05) is 31.1 Å². The zero-order valence-electron chi connectivity index (χ0n) is 16.1. The monoisotopic (exact) mass is 393 g/mol. The first-order valence-corrected chi connectivity index (χ1v) is 9.79. The normalized spacial score (nSPS) is 20.4. The molecule has 1 unspecified atom stereocenters. The van der Waals surface area contributed by atoms with Crippen LogP contribution in [-0.4, -0.2) is 53.0 Å². The quantitative estimate of drug-likeness (QED) is 0.801. The smallest absolute Gasteiger partial charge is 0.245 e. The lowest BCUT2D eigenvalue weighted by atomic mass is 9.94. The van der Waals surface area contributed by atoms with Crippen LogP contribution < -0.4 is 0 Å². The predicted octanol–water partition coefficient (Wildman–Crippen LogP) is 3.12. The van der Waals surface area contributed by atoms with Gasteiger partial charge in [-0.15, -0.1) is 0 Å². The van der Waals surface area contributed by atoms with Gasteiger partial charge in [0.25, 0.3) is 0 Å². The van der Waals surface area contributed by atoms with Crippen LogP contribution in [0.2, 0.25) is 0 Å². The molecule has 2 aliphatic rings. The molecule has 0 aliphatic carbocycles. The number of nitrogens with zero attached hydrogens (tertiary/aromatic N) is 3. The number of ether oxygens (including phenoxy) is 2. The van der Waals surface area contributed by atoms with Gasteiger partial charge in [-0.25, -0.2) is 13.8 Å². The molecular formula is C20H25F2N3O3. The van der Waals surface area contributed by atoms with Crippen molar-refractivity contribution in [3.05, 3.63) is 30.1 Å². The number of fused-ring (bicyclic) bond motifs is 1. The molecule has 2 saturated heterocycles. The molecule has 0 saturated carbocycles. The van der Waals surface area contributed by atoms with Crippen LogP contribution in [-0.2, 0) is 14.3 Å². The van der Waals surface area contributed by atoms with Gasteiger partial charge in [0.15, 0.2) is 17.9 Å². The Morgan fingerprint density at radius 3 is 2.43 bits per heavy atom. The Kier molecular flexibility index (Phi) is 5.33. The maximum absolute atomic E-state index is 13.8. The standard InChI is InChI=1S/C20H25F2N3O3/c1-12(2)18(25-11-23-16-9-14(21)15(22)10-17(16)25)19(26)24-5-3-13(4-6-24)20-27-7-8-28-20/h9-13,18,20H,3-8H2,1-2H3. The number of carbonyl (C=O) groups excluding carboxylic acids is 1. The lowest BCUT2D eigenvalue weighted by molar-refractivity contribution is -0.141. The third-order valence-electron chi connectivity index (χ3n) is 5.68. The summed E-state index contributed by atoms with van der Waals surface area (Å²) >= 11 is 0. The van der Waals surface area contributed by atoms with Gasteiger partial charge in [-0.1, -0.05) is 13.8 Å². The van der Waals surface area contributed by atoms with E-state index in [2.05, 4.69) is 4.98 Å². The number of likely N-dealkylation sites (tertiary alicyclic amines) is 1. The third kappa shape index (κ3) is 3.51. The average molecular weight is 393 g/mol. The average Bonchev–Trinajstić information content (AvgIpc) is 3.33. The van der Waals surface area contributed by atoms with Gasteiger partial charge < -0.3 is 18.9 Å². The van der Waals surface area contributed by atoms with Crippen molar-refractivity contribution in [1.29, 1.82) is 0 Å². The van der Waals surface area contributed by atoms with Gasteiger partial charge in [0.1, 0.15) is 6.04 Å². The second-order valence-corrected chi connectivity index (χ2v) is 7.87. The van der Waals surface area contributed by atoms with E-state index in [0.29, 0.717) is 43.3 Å². The highest BCUT2D eigenvalue weighted by Gasteiger charge is 2.35. The molecule has 0 bridgehead atoms. The molecule has 6 nitrogen and oxygen atoms in total. The number of imidazole rings is 1. The zero-order valence-corrected chi connectivity index (χ0v) is 16.1. The van der Waals surface area contributed by atoms with E-state index in [1.807, 2.05) is 18.7 Å². The molecule has 2 aromatic rings. The Bertz CT molecular complexity index is 856. The molecule has 28 heavy (non-hydrogen) atoms. The van der Waals surface area contributed by atoms with Crippen LogP contribution in [0.15, 0.2) is 18.5 Å². The highest BCUT2D eigenvalue weighted by atomic mass is 19.2. The first-order chi connectivity index (χ1) is 13.5. The van der Waals surface area contributed by atoms with Gasteiger partial charge in [-0.05, 0) is 18.8 Å². The van der Waals surface area contributed by atoms with Gasteiger partial charge in [0.05, 0.1) is 30.6 Å². The molecule has 1 aromatic heterocycles. The molecule has 1 amide bonds. The van der Waals surface area contributed by atoms with Gasteiger partial charge >= 0.3 is 0 Å². The maximum atomic E-state index is 13.8. The van der Waals surface area contributed by atoms with Crippen molar-refractivity contribution in [1.82, 2.24) is 14.5 Å². The summed E-state index contributed by atoms with van der Waals surface area (Å²) in [5.41, 5.74) is 0.764. The summed E-state index contributed by atoms with van der Waals surface area (Å²) in [4.78, 5) is 19.3. The van der Waals surface area contributed by atoms with Crippen molar-refractivity contribution in [3.8, 4) is 0 Å². The Morgan fingerprint density at radius 1 is 1.14 bits per heavy atom. The summed E-state index contributed by atoms with van der Waals surface area (Å²) in [6, 6.07) is 1.66. The third-order valence-corrected chi connectivity index (χ3v) is 5.68. The van der Waals surface area contributed by atoms with E-state index in [0.717, 1.165) is 25.0 Å². The Balaban J connectivity index is 1.54. The molecular weight excluding hydrogens is 368 g/mol. The van der Waals surface area contributed by atoms with Crippen molar-refractivity contribution in [2.24, 2.45) is 11.8 Å². The molecule has 2 fully saturated rings. The van der Waals surface area contributed by atoms with Crippen molar-refractivity contribution in [3.63, 3.8) is 0 Å². The van der Waals surface area contributed by atoms with E-state index in [4.69, 9.17) is 9.47 Å². The van der Waals surface area contributed by atoms with E-state index in [9.17, 15) is 13.6 Å². The van der Waals surface area contributed by atoms with Crippen LogP contribution in [0.25, 0.3) is 11.0 Å². The van der Waals surface area contributed by atoms with Crippen LogP contribution in [0.5, 0.6) is 0 Å². The number of amides is 1. The van der Waals surface area contributed by atoms with E-state index in [-0.39, 0.29) is 18.1 Å². The highest BCUT2D eigenvalue weighted by Crippen LogP contribution is 2.30. The van der Waals surface area contributed by atoms with Crippen molar-refractivity contribution in [2.75, 3.05) is 26.3 Å². The van der Waals surface area contributed by atoms with Crippen LogP contribution in [0.3, 0.4) is 0 Å². The van der Waals surface area contributed by atoms with E-state index >= 15 is 0 Å². The van der Waals surface area contributed by atoms with Gasteiger partial charge in [-0.2, -0.15) is 0 Å². The second-order valence-electron chi connectivity index (χ2n) is 7.87. The molecule has 3 heterocycles. The highest BCUT2D eigenvalue weighted by molar-refractivity contribution is 5.84. The summed E-state index contributed by atoms with van der Waals surface area (Å²) in [6.45, 7) is 6.41. The fraction of sp³-hybridized carbons (Fsp3) is 0.600. The lowest BCUT2D eigenvalue weighted by Crippen LogP contribution is -2.45. The number of rotatable bonds is 4. The van der Waals surface area contributed by atoms with Crippen molar-refractivity contribution >= 4 is 16.9 Å². The number of benzene rings is 1. The molecule has 0 N–H and O–H groups in total. The van der Waals surface area contributed by atoms with Crippen molar-refractivity contribution in [2.45, 2.75) is 39.0 Å². The van der Waals surface area contributed by atoms with E-state index in [1.54, 1.807) is 4.57 Å². The Morgan fingerprint density at radius 2 is 1.79 bits per heavy atom. The Labute approximate surface area is 162 Å². The molecule has 4 rings (SSSR count). The first kappa shape index (κ1) is 19.3. The fourth-order valence-electron chi connectivity index (χ4n) is 4.20. The molecule has 1 aromatic carbocycles. The number of aromatic nitrogens is 2. The largest absolute Gasteiger partial charge is 0.350 e. The van der Waals surface area contributed by atoms with Crippen LogP contribution in [0, 0.1) is 23.5 Å². The fourth-order valence-corrected chi connectivity index (χ4v) is 4.20. The minimum atomic E-state index is -0.943. The number of piperidine rings is 1. The number of hydrogen-bond acceptors (Lipinski definition) is 4. The Hall–Kier alpha value is -2.06. The summed E-state index contributed by atoms with van der Waals surface area (Å²) in [6.07, 6.45) is 2.99. The van der Waals surface area contributed by atoms with Crippen LogP contribution in [0.4, 0.5) is 8.78 Å². The first-order valence-electron chi connectivity index (χ1n) is 9.79. The molecule has 152 valence electrons. The summed E-state index contributed by atoms with van der Waals surface area (Å²) < 4.78 is 40.2. The molecule has 0 radical (unpaired) electrons. The van der Waals surface area contributed by atoms with Crippen LogP contribution >= 0.6 is 0 Å². The molecule has 0 spiro atoms. The number of halogens is 2. The maximum Gasteiger partial charge on any atom is 0.245 e. The molecule has 8 heteroatoms. The molecule has 2 aliphatic heterocycles.